The summed E-state index contributed by atoms with van der Waals surface area (Å²) in [6, 6.07) is 0.702. The van der Waals surface area contributed by atoms with Crippen LogP contribution >= 0.6 is 0 Å². The van der Waals surface area contributed by atoms with Crippen molar-refractivity contribution in [1.29, 1.82) is 0 Å². The molecule has 0 aromatic heterocycles. The average molecular weight is 253 g/mol. The summed E-state index contributed by atoms with van der Waals surface area (Å²) in [6.45, 7) is 8.01. The van der Waals surface area contributed by atoms with Crippen LogP contribution in [0.15, 0.2) is 0 Å². The van der Waals surface area contributed by atoms with Crippen molar-refractivity contribution in [3.8, 4) is 0 Å². The van der Waals surface area contributed by atoms with Gasteiger partial charge in [-0.2, -0.15) is 0 Å². The summed E-state index contributed by atoms with van der Waals surface area (Å²) in [5.41, 5.74) is 0.475. The summed E-state index contributed by atoms with van der Waals surface area (Å²) in [5, 5.41) is 3.54. The van der Waals surface area contributed by atoms with E-state index >= 15 is 0 Å². The maximum Gasteiger partial charge on any atom is 0.0548 e. The third-order valence-electron chi connectivity index (χ3n) is 5.32. The van der Waals surface area contributed by atoms with Crippen LogP contribution in [-0.4, -0.2) is 75.9 Å². The largest absolute Gasteiger partial charge is 0.380 e. The molecule has 104 valence electrons. The second-order valence-corrected chi connectivity index (χ2v) is 6.65. The SMILES string of the molecule is CN1CCC(C2(CC3CNCCN3C)COC2)C1. The molecule has 2 atom stereocenters. The third kappa shape index (κ3) is 2.31. The van der Waals surface area contributed by atoms with Crippen LogP contribution in [0.3, 0.4) is 0 Å². The Kier molecular flexibility index (Phi) is 3.63. The molecule has 0 bridgehead atoms. The fourth-order valence-corrected chi connectivity index (χ4v) is 3.88. The van der Waals surface area contributed by atoms with E-state index in [2.05, 4.69) is 29.2 Å². The van der Waals surface area contributed by atoms with E-state index in [9.17, 15) is 0 Å². The minimum Gasteiger partial charge on any atom is -0.380 e. The number of likely N-dealkylation sites (N-methyl/N-ethyl adjacent to an activating group) is 1. The van der Waals surface area contributed by atoms with E-state index in [4.69, 9.17) is 4.74 Å². The van der Waals surface area contributed by atoms with Gasteiger partial charge in [-0.15, -0.1) is 0 Å². The van der Waals surface area contributed by atoms with E-state index in [1.54, 1.807) is 0 Å². The first kappa shape index (κ1) is 12.9. The number of hydrogen-bond acceptors (Lipinski definition) is 4. The Hall–Kier alpha value is -0.160. The lowest BCUT2D eigenvalue weighted by Gasteiger charge is -2.50. The van der Waals surface area contributed by atoms with Crippen molar-refractivity contribution in [2.45, 2.75) is 18.9 Å². The molecule has 3 saturated heterocycles. The molecule has 0 spiro atoms. The highest BCUT2D eigenvalue weighted by molar-refractivity contribution is 4.99. The Labute approximate surface area is 111 Å². The van der Waals surface area contributed by atoms with E-state index in [0.29, 0.717) is 11.5 Å². The van der Waals surface area contributed by atoms with Crippen molar-refractivity contribution in [3.05, 3.63) is 0 Å². The van der Waals surface area contributed by atoms with Gasteiger partial charge in [-0.3, -0.25) is 0 Å². The molecule has 3 fully saturated rings. The van der Waals surface area contributed by atoms with Crippen LogP contribution in [0, 0.1) is 11.3 Å². The van der Waals surface area contributed by atoms with Crippen LogP contribution in [0.25, 0.3) is 0 Å². The summed E-state index contributed by atoms with van der Waals surface area (Å²) in [7, 11) is 4.53. The lowest BCUT2D eigenvalue weighted by molar-refractivity contribution is -0.156. The van der Waals surface area contributed by atoms with Gasteiger partial charge in [-0.25, -0.2) is 0 Å². The molecule has 0 saturated carbocycles. The summed E-state index contributed by atoms with van der Waals surface area (Å²) in [6.07, 6.45) is 2.68. The Morgan fingerprint density at radius 2 is 2.11 bits per heavy atom. The molecule has 0 aromatic rings. The number of rotatable bonds is 3. The van der Waals surface area contributed by atoms with Crippen LogP contribution in [-0.2, 0) is 4.74 Å². The van der Waals surface area contributed by atoms with Gasteiger partial charge in [0.2, 0.25) is 0 Å². The van der Waals surface area contributed by atoms with E-state index in [1.165, 1.54) is 32.5 Å². The number of likely N-dealkylation sites (tertiary alicyclic amines) is 1. The van der Waals surface area contributed by atoms with Gasteiger partial charge in [-0.05, 0) is 39.4 Å². The lowest BCUT2D eigenvalue weighted by atomic mass is 9.68. The first-order chi connectivity index (χ1) is 8.70. The van der Waals surface area contributed by atoms with Crippen molar-refractivity contribution in [2.75, 3.05) is 60.0 Å². The van der Waals surface area contributed by atoms with E-state index in [0.717, 1.165) is 32.2 Å². The molecule has 2 unspecified atom stereocenters. The normalized spacial score (nSPS) is 37.7. The number of ether oxygens (including phenoxy) is 1. The standard InChI is InChI=1S/C14H27N3O/c1-16-5-3-12(9-16)14(10-18-11-14)7-13-8-15-4-6-17(13)2/h12-13,15H,3-11H2,1-2H3. The van der Waals surface area contributed by atoms with Crippen LogP contribution < -0.4 is 5.32 Å². The van der Waals surface area contributed by atoms with Gasteiger partial charge in [0.25, 0.3) is 0 Å². The fraction of sp³-hybridized carbons (Fsp3) is 1.00. The summed E-state index contributed by atoms with van der Waals surface area (Å²) < 4.78 is 5.61. The zero-order valence-electron chi connectivity index (χ0n) is 11.8. The number of nitrogens with one attached hydrogen (secondary N) is 1. The number of piperazine rings is 1. The smallest absolute Gasteiger partial charge is 0.0548 e. The van der Waals surface area contributed by atoms with Gasteiger partial charge in [0, 0.05) is 37.6 Å². The molecule has 3 heterocycles. The first-order valence-electron chi connectivity index (χ1n) is 7.37. The molecule has 0 amide bonds. The highest BCUT2D eigenvalue weighted by atomic mass is 16.5. The molecular formula is C14H27N3O. The van der Waals surface area contributed by atoms with Crippen molar-refractivity contribution in [1.82, 2.24) is 15.1 Å². The van der Waals surface area contributed by atoms with E-state index in [-0.39, 0.29) is 0 Å². The first-order valence-corrected chi connectivity index (χ1v) is 7.37. The lowest BCUT2D eigenvalue weighted by Crippen LogP contribution is -2.57. The summed E-state index contributed by atoms with van der Waals surface area (Å²) in [5.74, 6) is 0.853. The summed E-state index contributed by atoms with van der Waals surface area (Å²) >= 11 is 0. The molecule has 3 aliphatic rings. The van der Waals surface area contributed by atoms with Crippen LogP contribution in [0.5, 0.6) is 0 Å². The van der Waals surface area contributed by atoms with Crippen molar-refractivity contribution < 1.29 is 4.74 Å². The van der Waals surface area contributed by atoms with Crippen LogP contribution in [0.4, 0.5) is 0 Å². The quantitative estimate of drug-likeness (QED) is 0.780. The minimum atomic E-state index is 0.475. The molecule has 18 heavy (non-hydrogen) atoms. The Morgan fingerprint density at radius 1 is 1.28 bits per heavy atom. The minimum absolute atomic E-state index is 0.475. The predicted octanol–water partition coefficient (Wildman–Crippen LogP) is 0.248. The van der Waals surface area contributed by atoms with Gasteiger partial charge >= 0.3 is 0 Å². The maximum absolute atomic E-state index is 5.61. The van der Waals surface area contributed by atoms with Crippen LogP contribution in [0.2, 0.25) is 0 Å². The van der Waals surface area contributed by atoms with Gasteiger partial charge in [0.15, 0.2) is 0 Å². The zero-order chi connectivity index (χ0) is 12.6. The van der Waals surface area contributed by atoms with E-state index in [1.807, 2.05) is 0 Å². The molecule has 0 aromatic carbocycles. The molecule has 4 heteroatoms. The van der Waals surface area contributed by atoms with Crippen molar-refractivity contribution >= 4 is 0 Å². The average Bonchev–Trinajstić information content (AvgIpc) is 2.73. The second kappa shape index (κ2) is 5.08. The maximum atomic E-state index is 5.61. The fourth-order valence-electron chi connectivity index (χ4n) is 3.88. The summed E-state index contributed by atoms with van der Waals surface area (Å²) in [4.78, 5) is 5.02. The van der Waals surface area contributed by atoms with Gasteiger partial charge in [-0.1, -0.05) is 0 Å². The molecule has 3 rings (SSSR count). The molecule has 0 radical (unpaired) electrons. The second-order valence-electron chi connectivity index (χ2n) is 6.65. The van der Waals surface area contributed by atoms with Crippen molar-refractivity contribution in [3.63, 3.8) is 0 Å². The Balaban J connectivity index is 1.64. The topological polar surface area (TPSA) is 27.7 Å². The highest BCUT2D eigenvalue weighted by Gasteiger charge is 2.48. The molecule has 3 aliphatic heterocycles. The predicted molar refractivity (Wildman–Crippen MR) is 72.8 cm³/mol. The Morgan fingerprint density at radius 3 is 2.67 bits per heavy atom. The van der Waals surface area contributed by atoms with Crippen LogP contribution in [0.1, 0.15) is 12.8 Å². The molecule has 1 N–H and O–H groups in total. The molecular weight excluding hydrogens is 226 g/mol. The highest BCUT2D eigenvalue weighted by Crippen LogP contribution is 2.45. The van der Waals surface area contributed by atoms with Gasteiger partial charge in [0.1, 0.15) is 0 Å². The van der Waals surface area contributed by atoms with Gasteiger partial charge in [0.05, 0.1) is 13.2 Å². The Bertz CT molecular complexity index is 293. The molecule has 0 aliphatic carbocycles. The molecule has 4 nitrogen and oxygen atoms in total. The monoisotopic (exact) mass is 253 g/mol. The zero-order valence-corrected chi connectivity index (χ0v) is 11.8. The van der Waals surface area contributed by atoms with E-state index < -0.39 is 0 Å². The van der Waals surface area contributed by atoms with Crippen molar-refractivity contribution in [2.24, 2.45) is 11.3 Å². The third-order valence-corrected chi connectivity index (χ3v) is 5.32. The number of nitrogens with zero attached hydrogens (tertiary/aromatic N) is 2. The number of hydrogen-bond donors (Lipinski definition) is 1. The van der Waals surface area contributed by atoms with Gasteiger partial charge < -0.3 is 19.9 Å².